The maximum atomic E-state index is 3.71. The zero-order chi connectivity index (χ0) is 14.0. The van der Waals surface area contributed by atoms with E-state index in [-0.39, 0.29) is 0 Å². The van der Waals surface area contributed by atoms with Gasteiger partial charge in [-0.2, -0.15) is 0 Å². The summed E-state index contributed by atoms with van der Waals surface area (Å²) in [6, 6.07) is 10.6. The molecule has 1 N–H and O–H groups in total. The zero-order valence-electron chi connectivity index (χ0n) is 13.0. The van der Waals surface area contributed by atoms with Crippen LogP contribution in [0.4, 0.5) is 0 Å². The van der Waals surface area contributed by atoms with Gasteiger partial charge in [-0.05, 0) is 50.9 Å². The second kappa shape index (κ2) is 6.06. The lowest BCUT2D eigenvalue weighted by Crippen LogP contribution is -2.48. The maximum absolute atomic E-state index is 3.71. The molecule has 0 amide bonds. The smallest absolute Gasteiger partial charge is 0.0481 e. The van der Waals surface area contributed by atoms with Gasteiger partial charge in [0.2, 0.25) is 0 Å². The minimum atomic E-state index is 0.463. The lowest BCUT2D eigenvalue weighted by atomic mass is 9.77. The van der Waals surface area contributed by atoms with Crippen LogP contribution in [0.5, 0.6) is 0 Å². The highest BCUT2D eigenvalue weighted by molar-refractivity contribution is 5.36. The summed E-state index contributed by atoms with van der Waals surface area (Å²) >= 11 is 0. The summed E-state index contributed by atoms with van der Waals surface area (Å²) in [4.78, 5) is 2.53. The molecule has 0 radical (unpaired) electrons. The van der Waals surface area contributed by atoms with Gasteiger partial charge in [-0.25, -0.2) is 0 Å². The van der Waals surface area contributed by atoms with Gasteiger partial charge in [0.15, 0.2) is 0 Å². The van der Waals surface area contributed by atoms with E-state index in [0.29, 0.717) is 24.0 Å². The molecule has 0 spiro atoms. The Hall–Kier alpha value is -0.860. The van der Waals surface area contributed by atoms with Crippen molar-refractivity contribution in [3.05, 3.63) is 35.4 Å². The number of benzene rings is 1. The number of nitrogens with one attached hydrogen (secondary N) is 1. The first-order valence-electron chi connectivity index (χ1n) is 7.60. The number of nitrogens with zero attached hydrogens (tertiary/aromatic N) is 1. The topological polar surface area (TPSA) is 15.3 Å². The van der Waals surface area contributed by atoms with Gasteiger partial charge in [0.1, 0.15) is 0 Å². The van der Waals surface area contributed by atoms with E-state index in [2.05, 4.69) is 69.2 Å². The predicted octanol–water partition coefficient (Wildman–Crippen LogP) is 3.55. The van der Waals surface area contributed by atoms with E-state index in [9.17, 15) is 0 Å². The molecule has 0 bridgehead atoms. The third kappa shape index (κ3) is 2.85. The van der Waals surface area contributed by atoms with Crippen molar-refractivity contribution < 1.29 is 0 Å². The van der Waals surface area contributed by atoms with Crippen molar-refractivity contribution in [2.24, 2.45) is 0 Å². The number of rotatable bonds is 4. The second-order valence-electron chi connectivity index (χ2n) is 6.13. The molecule has 2 rings (SSSR count). The summed E-state index contributed by atoms with van der Waals surface area (Å²) in [7, 11) is 2.26. The van der Waals surface area contributed by atoms with Gasteiger partial charge in [-0.1, -0.05) is 38.1 Å². The zero-order valence-corrected chi connectivity index (χ0v) is 13.0. The van der Waals surface area contributed by atoms with Crippen LogP contribution < -0.4 is 5.32 Å². The normalized spacial score (nSPS) is 26.8. The monoisotopic (exact) mass is 260 g/mol. The van der Waals surface area contributed by atoms with Gasteiger partial charge in [0, 0.05) is 18.1 Å². The fraction of sp³-hybridized carbons (Fsp3) is 0.647. The molecule has 3 unspecified atom stereocenters. The first-order chi connectivity index (χ1) is 9.06. The summed E-state index contributed by atoms with van der Waals surface area (Å²) < 4.78 is 0. The quantitative estimate of drug-likeness (QED) is 0.890. The highest BCUT2D eigenvalue weighted by atomic mass is 15.2. The van der Waals surface area contributed by atoms with Crippen molar-refractivity contribution in [2.75, 3.05) is 13.6 Å². The summed E-state index contributed by atoms with van der Waals surface area (Å²) in [5.74, 6) is 0.650. The molecule has 0 aliphatic heterocycles. The van der Waals surface area contributed by atoms with E-state index in [1.165, 1.54) is 17.5 Å². The Labute approximate surface area is 118 Å². The standard InChI is InChI=1S/C17H28N2/c1-6-18-17-15-10-8-7-9-14(15)13(4)11-16(17)19(5)12(2)3/h7-10,12-13,16-18H,6,11H2,1-5H3. The third-order valence-corrected chi connectivity index (χ3v) is 4.60. The van der Waals surface area contributed by atoms with E-state index >= 15 is 0 Å². The summed E-state index contributed by atoms with van der Waals surface area (Å²) in [5.41, 5.74) is 3.03. The predicted molar refractivity (Wildman–Crippen MR) is 82.6 cm³/mol. The molecule has 1 aliphatic carbocycles. The lowest BCUT2D eigenvalue weighted by molar-refractivity contribution is 0.132. The number of hydrogen-bond donors (Lipinski definition) is 1. The van der Waals surface area contributed by atoms with Crippen molar-refractivity contribution in [1.82, 2.24) is 10.2 Å². The first kappa shape index (κ1) is 14.5. The molecule has 0 aromatic heterocycles. The minimum absolute atomic E-state index is 0.463. The van der Waals surface area contributed by atoms with Gasteiger partial charge in [-0.3, -0.25) is 4.90 Å². The molecule has 3 atom stereocenters. The Balaban J connectivity index is 2.37. The molecular weight excluding hydrogens is 232 g/mol. The Morgan fingerprint density at radius 3 is 2.47 bits per heavy atom. The lowest BCUT2D eigenvalue weighted by Gasteiger charge is -2.43. The summed E-state index contributed by atoms with van der Waals surface area (Å²) in [6.45, 7) is 10.2. The van der Waals surface area contributed by atoms with Crippen LogP contribution in [-0.2, 0) is 0 Å². The Bertz CT molecular complexity index is 413. The Morgan fingerprint density at radius 1 is 1.26 bits per heavy atom. The minimum Gasteiger partial charge on any atom is -0.309 e. The van der Waals surface area contributed by atoms with Crippen molar-refractivity contribution in [3.63, 3.8) is 0 Å². The van der Waals surface area contributed by atoms with Crippen LogP contribution >= 0.6 is 0 Å². The number of hydrogen-bond acceptors (Lipinski definition) is 2. The molecule has 0 fully saturated rings. The molecule has 0 heterocycles. The fourth-order valence-corrected chi connectivity index (χ4v) is 3.33. The summed E-state index contributed by atoms with van der Waals surface area (Å²) in [5, 5.41) is 3.71. The van der Waals surface area contributed by atoms with Gasteiger partial charge < -0.3 is 5.32 Å². The van der Waals surface area contributed by atoms with Gasteiger partial charge >= 0.3 is 0 Å². The van der Waals surface area contributed by atoms with Crippen molar-refractivity contribution in [3.8, 4) is 0 Å². The van der Waals surface area contributed by atoms with Crippen LogP contribution in [0.1, 0.15) is 57.2 Å². The average molecular weight is 260 g/mol. The molecule has 19 heavy (non-hydrogen) atoms. The van der Waals surface area contributed by atoms with Crippen molar-refractivity contribution >= 4 is 0 Å². The SMILES string of the molecule is CCNC1c2ccccc2C(C)CC1N(C)C(C)C. The molecular formula is C17H28N2. The maximum Gasteiger partial charge on any atom is 0.0481 e. The Morgan fingerprint density at radius 2 is 1.89 bits per heavy atom. The van der Waals surface area contributed by atoms with Gasteiger partial charge in [0.05, 0.1) is 0 Å². The van der Waals surface area contributed by atoms with Crippen molar-refractivity contribution in [1.29, 1.82) is 0 Å². The van der Waals surface area contributed by atoms with Gasteiger partial charge in [0.25, 0.3) is 0 Å². The van der Waals surface area contributed by atoms with Crippen LogP contribution in [0.15, 0.2) is 24.3 Å². The molecule has 1 aromatic rings. The van der Waals surface area contributed by atoms with E-state index in [1.807, 2.05) is 0 Å². The molecule has 2 nitrogen and oxygen atoms in total. The molecule has 1 aliphatic rings. The average Bonchev–Trinajstić information content (AvgIpc) is 2.41. The second-order valence-corrected chi connectivity index (χ2v) is 6.13. The molecule has 0 saturated heterocycles. The largest absolute Gasteiger partial charge is 0.309 e. The number of fused-ring (bicyclic) bond motifs is 1. The highest BCUT2D eigenvalue weighted by Crippen LogP contribution is 2.39. The van der Waals surface area contributed by atoms with Crippen LogP contribution in [0.2, 0.25) is 0 Å². The highest BCUT2D eigenvalue weighted by Gasteiger charge is 2.35. The van der Waals surface area contributed by atoms with Crippen LogP contribution in [0.3, 0.4) is 0 Å². The fourth-order valence-electron chi connectivity index (χ4n) is 3.33. The van der Waals surface area contributed by atoms with E-state index in [0.717, 1.165) is 6.54 Å². The Kier molecular flexibility index (Phi) is 4.64. The molecule has 106 valence electrons. The van der Waals surface area contributed by atoms with Crippen molar-refractivity contribution in [2.45, 2.75) is 58.2 Å². The summed E-state index contributed by atoms with van der Waals surface area (Å²) in [6.07, 6.45) is 1.24. The number of likely N-dealkylation sites (N-methyl/N-ethyl adjacent to an activating group) is 2. The third-order valence-electron chi connectivity index (χ3n) is 4.60. The van der Waals surface area contributed by atoms with Crippen LogP contribution in [-0.4, -0.2) is 30.6 Å². The molecule has 0 saturated carbocycles. The van der Waals surface area contributed by atoms with E-state index in [1.54, 1.807) is 0 Å². The first-order valence-corrected chi connectivity index (χ1v) is 7.60. The van der Waals surface area contributed by atoms with Gasteiger partial charge in [-0.15, -0.1) is 0 Å². The van der Waals surface area contributed by atoms with E-state index in [4.69, 9.17) is 0 Å². The van der Waals surface area contributed by atoms with E-state index < -0.39 is 0 Å². The molecule has 2 heteroatoms. The van der Waals surface area contributed by atoms with Crippen LogP contribution in [0.25, 0.3) is 0 Å². The van der Waals surface area contributed by atoms with Crippen LogP contribution in [0, 0.1) is 0 Å². The molecule has 1 aromatic carbocycles.